The third-order valence-corrected chi connectivity index (χ3v) is 4.88. The first kappa shape index (κ1) is 20.3. The molecule has 31 heavy (non-hydrogen) atoms. The Kier molecular flexibility index (Phi) is 4.81. The van der Waals surface area contributed by atoms with E-state index in [9.17, 15) is 19.1 Å². The third-order valence-electron chi connectivity index (χ3n) is 4.88. The van der Waals surface area contributed by atoms with Gasteiger partial charge in [0.25, 0.3) is 0 Å². The summed E-state index contributed by atoms with van der Waals surface area (Å²) in [7, 11) is 0. The molecule has 0 aliphatic heterocycles. The van der Waals surface area contributed by atoms with E-state index in [1.54, 1.807) is 38.5 Å². The van der Waals surface area contributed by atoms with Gasteiger partial charge in [-0.25, -0.2) is 4.98 Å². The van der Waals surface area contributed by atoms with Gasteiger partial charge in [-0.3, -0.25) is 14.2 Å². The number of pyridine rings is 2. The lowest BCUT2D eigenvalue weighted by atomic mass is 10.1. The van der Waals surface area contributed by atoms with Gasteiger partial charge in [0.2, 0.25) is 5.88 Å². The molecule has 4 rings (SSSR count). The van der Waals surface area contributed by atoms with Gasteiger partial charge in [0, 0.05) is 18.0 Å². The highest BCUT2D eigenvalue weighted by Gasteiger charge is 2.22. The number of fused-ring (bicyclic) bond motifs is 1. The van der Waals surface area contributed by atoms with Crippen LogP contribution in [-0.4, -0.2) is 36.0 Å². The number of nitrogens with zero attached hydrogens (tertiary/aromatic N) is 6. The Morgan fingerprint density at radius 1 is 1.19 bits per heavy atom. The molecule has 4 heterocycles. The van der Waals surface area contributed by atoms with E-state index >= 15 is 0 Å². The number of ether oxygens (including phenoxy) is 1. The van der Waals surface area contributed by atoms with E-state index in [2.05, 4.69) is 25.9 Å². The van der Waals surface area contributed by atoms with Crippen molar-refractivity contribution in [1.82, 2.24) is 24.3 Å². The van der Waals surface area contributed by atoms with Gasteiger partial charge in [0.1, 0.15) is 11.3 Å². The van der Waals surface area contributed by atoms with E-state index in [4.69, 9.17) is 0 Å². The number of hydrogen-bond donors (Lipinski definition) is 1. The van der Waals surface area contributed by atoms with Gasteiger partial charge in [-0.05, 0) is 38.5 Å². The molecule has 0 bridgehead atoms. The van der Waals surface area contributed by atoms with Gasteiger partial charge in [0.05, 0.1) is 46.9 Å². The lowest BCUT2D eigenvalue weighted by molar-refractivity contribution is -0.0500. The molecule has 1 N–H and O–H groups in total. The molecule has 0 saturated carbocycles. The van der Waals surface area contributed by atoms with Crippen LogP contribution < -0.4 is 4.74 Å². The number of rotatable bonds is 5. The summed E-state index contributed by atoms with van der Waals surface area (Å²) in [5.41, 5.74) is 1.95. The topological polar surface area (TPSA) is 102 Å². The van der Waals surface area contributed by atoms with Gasteiger partial charge in [-0.15, -0.1) is 0 Å². The van der Waals surface area contributed by atoms with Crippen molar-refractivity contribution in [2.75, 3.05) is 0 Å². The van der Waals surface area contributed by atoms with Gasteiger partial charge < -0.3 is 9.84 Å². The maximum atomic E-state index is 12.5. The molecule has 0 radical (unpaired) electrons. The average Bonchev–Trinajstić information content (AvgIpc) is 3.33. The monoisotopic (exact) mass is 424 g/mol. The third kappa shape index (κ3) is 3.66. The summed E-state index contributed by atoms with van der Waals surface area (Å²) in [6.07, 6.45) is 7.55. The maximum absolute atomic E-state index is 12.5. The molecule has 0 spiro atoms. The fourth-order valence-electron chi connectivity index (χ4n) is 3.25. The Morgan fingerprint density at radius 3 is 2.68 bits per heavy atom. The fourth-order valence-corrected chi connectivity index (χ4v) is 3.25. The number of nitriles is 1. The minimum Gasteiger partial charge on any atom is -0.494 e. The molecule has 0 aliphatic rings. The molecule has 0 saturated heterocycles. The number of aromatic hydroxyl groups is 1. The quantitative estimate of drug-likeness (QED) is 0.516. The van der Waals surface area contributed by atoms with Crippen LogP contribution in [0.25, 0.3) is 27.8 Å². The highest BCUT2D eigenvalue weighted by atomic mass is 19.3. The largest absolute Gasteiger partial charge is 0.494 e. The molecule has 4 aromatic rings. The number of halogens is 2. The highest BCUT2D eigenvalue weighted by molar-refractivity contribution is 5.90. The maximum Gasteiger partial charge on any atom is 0.387 e. The van der Waals surface area contributed by atoms with Crippen LogP contribution in [-0.2, 0) is 5.54 Å². The molecule has 0 amide bonds. The second-order valence-corrected chi connectivity index (χ2v) is 7.51. The first-order valence-corrected chi connectivity index (χ1v) is 9.28. The van der Waals surface area contributed by atoms with Crippen LogP contribution in [0.3, 0.4) is 0 Å². The van der Waals surface area contributed by atoms with Crippen molar-refractivity contribution in [3.8, 4) is 34.6 Å². The summed E-state index contributed by atoms with van der Waals surface area (Å²) in [4.78, 5) is 8.50. The van der Waals surface area contributed by atoms with Gasteiger partial charge in [0.15, 0.2) is 0 Å². The summed E-state index contributed by atoms with van der Waals surface area (Å²) in [6, 6.07) is 5.33. The van der Waals surface area contributed by atoms with Crippen molar-refractivity contribution in [2.24, 2.45) is 0 Å². The number of aromatic nitrogens is 5. The van der Waals surface area contributed by atoms with Crippen LogP contribution in [0.15, 0.2) is 43.1 Å². The predicted molar refractivity (Wildman–Crippen MR) is 108 cm³/mol. The second-order valence-electron chi connectivity index (χ2n) is 7.51. The van der Waals surface area contributed by atoms with Crippen LogP contribution in [0.2, 0.25) is 0 Å². The number of hydrogen-bond acceptors (Lipinski definition) is 6. The Morgan fingerprint density at radius 2 is 1.97 bits per heavy atom. The van der Waals surface area contributed by atoms with E-state index in [0.717, 1.165) is 5.56 Å². The normalized spacial score (nSPS) is 11.8. The summed E-state index contributed by atoms with van der Waals surface area (Å²) in [5.74, 6) is -0.0891. The minimum atomic E-state index is -2.95. The predicted octanol–water partition coefficient (Wildman–Crippen LogP) is 4.16. The summed E-state index contributed by atoms with van der Waals surface area (Å²) in [6.45, 7) is 2.32. The fraction of sp³-hybridized carbons (Fsp3) is 0.238. The SMILES string of the molecule is Cc1cc(-c2cncc(OC(F)F)c2)nc2cn(-c3cnn(C(C)(C)C#N)c3)c(O)c12. The zero-order valence-corrected chi connectivity index (χ0v) is 16.9. The van der Waals surface area contributed by atoms with Gasteiger partial charge >= 0.3 is 6.61 Å². The van der Waals surface area contributed by atoms with Crippen molar-refractivity contribution in [3.05, 3.63) is 48.7 Å². The van der Waals surface area contributed by atoms with Crippen molar-refractivity contribution in [2.45, 2.75) is 32.9 Å². The van der Waals surface area contributed by atoms with Crippen LogP contribution in [0.1, 0.15) is 19.4 Å². The van der Waals surface area contributed by atoms with E-state index < -0.39 is 12.2 Å². The number of aryl methyl sites for hydroxylation is 1. The van der Waals surface area contributed by atoms with Crippen LogP contribution in [0, 0.1) is 18.3 Å². The van der Waals surface area contributed by atoms with E-state index in [0.29, 0.717) is 27.8 Å². The molecule has 8 nitrogen and oxygen atoms in total. The van der Waals surface area contributed by atoms with Crippen molar-refractivity contribution in [1.29, 1.82) is 5.26 Å². The van der Waals surface area contributed by atoms with E-state index in [1.165, 1.54) is 27.7 Å². The molecule has 0 unspecified atom stereocenters. The Bertz CT molecular complexity index is 1320. The van der Waals surface area contributed by atoms with Crippen LogP contribution >= 0.6 is 0 Å². The van der Waals surface area contributed by atoms with Crippen molar-refractivity contribution in [3.63, 3.8) is 0 Å². The van der Waals surface area contributed by atoms with Gasteiger partial charge in [-0.1, -0.05) is 0 Å². The average molecular weight is 424 g/mol. The summed E-state index contributed by atoms with van der Waals surface area (Å²) in [5, 5.41) is 24.9. The second kappa shape index (κ2) is 7.36. The Labute approximate surface area is 176 Å². The van der Waals surface area contributed by atoms with Crippen molar-refractivity contribution >= 4 is 10.9 Å². The van der Waals surface area contributed by atoms with Gasteiger partial charge in [-0.2, -0.15) is 19.1 Å². The molecule has 4 aromatic heterocycles. The molecule has 0 atom stereocenters. The Hall–Kier alpha value is -4.00. The molecule has 0 fully saturated rings. The van der Waals surface area contributed by atoms with Crippen molar-refractivity contribution < 1.29 is 18.6 Å². The molecule has 0 aromatic carbocycles. The lowest BCUT2D eigenvalue weighted by Gasteiger charge is -2.15. The molecular formula is C21H18F2N6O2. The Balaban J connectivity index is 1.79. The molecule has 0 aliphatic carbocycles. The molecule has 158 valence electrons. The van der Waals surface area contributed by atoms with E-state index in [1.807, 2.05) is 6.92 Å². The zero-order valence-electron chi connectivity index (χ0n) is 16.9. The summed E-state index contributed by atoms with van der Waals surface area (Å²) >= 11 is 0. The molecular weight excluding hydrogens is 406 g/mol. The first-order valence-electron chi connectivity index (χ1n) is 9.28. The summed E-state index contributed by atoms with van der Waals surface area (Å²) < 4.78 is 32.5. The highest BCUT2D eigenvalue weighted by Crippen LogP contribution is 2.34. The van der Waals surface area contributed by atoms with E-state index in [-0.39, 0.29) is 11.6 Å². The molecule has 10 heteroatoms. The number of alkyl halides is 2. The van der Waals surface area contributed by atoms with Crippen LogP contribution in [0.4, 0.5) is 8.78 Å². The smallest absolute Gasteiger partial charge is 0.387 e. The zero-order chi connectivity index (χ0) is 22.3. The standard InChI is InChI=1S/C21H18F2N6O2/c1-12-4-16(13-5-15(8-25-6-13)31-20(22)23)27-17-10-28(19(30)18(12)17)14-7-26-29(9-14)21(2,3)11-24/h4-10,20,30H,1-3H3. The lowest BCUT2D eigenvalue weighted by Crippen LogP contribution is -2.24. The first-order chi connectivity index (χ1) is 14.7. The van der Waals surface area contributed by atoms with Crippen LogP contribution in [0.5, 0.6) is 11.6 Å². The minimum absolute atomic E-state index is 0.0197.